The highest BCUT2D eigenvalue weighted by atomic mass is 16.6. The van der Waals surface area contributed by atoms with Crippen LogP contribution in [-0.2, 0) is 11.8 Å². The number of aromatic nitrogens is 2. The fraction of sp³-hybridized carbons (Fsp3) is 0.353. The number of ether oxygens (including phenoxy) is 2. The second-order valence-electron chi connectivity index (χ2n) is 6.37. The highest BCUT2D eigenvalue weighted by molar-refractivity contribution is 5.99. The summed E-state index contributed by atoms with van der Waals surface area (Å²) in [4.78, 5) is 23.6. The first-order chi connectivity index (χ1) is 11.6. The minimum Gasteiger partial charge on any atom is -0.497 e. The smallest absolute Gasteiger partial charge is 0.412 e. The molecule has 1 amide bonds. The predicted molar refractivity (Wildman–Crippen MR) is 92.0 cm³/mol. The van der Waals surface area contributed by atoms with Crippen LogP contribution in [0.2, 0.25) is 0 Å². The highest BCUT2D eigenvalue weighted by Crippen LogP contribution is 2.34. The standard InChI is InChI=1S/C17H21N3O5/c1-17(2,3)25-16(23)19-13-7-6-10(24-5)8-11(13)14-12(15(21)22)9-18-20(14)4/h6-9H,1-5H3,(H,19,23)(H,21,22). The van der Waals surface area contributed by atoms with E-state index in [2.05, 4.69) is 10.4 Å². The van der Waals surface area contributed by atoms with Crippen molar-refractivity contribution in [3.05, 3.63) is 30.0 Å². The lowest BCUT2D eigenvalue weighted by atomic mass is 10.0. The molecule has 0 radical (unpaired) electrons. The van der Waals surface area contributed by atoms with Gasteiger partial charge in [0.05, 0.1) is 24.7 Å². The number of nitrogens with one attached hydrogen (secondary N) is 1. The van der Waals surface area contributed by atoms with Crippen LogP contribution in [0.1, 0.15) is 31.1 Å². The van der Waals surface area contributed by atoms with Gasteiger partial charge < -0.3 is 14.6 Å². The molecule has 2 rings (SSSR count). The van der Waals surface area contributed by atoms with Crippen molar-refractivity contribution >= 4 is 17.7 Å². The summed E-state index contributed by atoms with van der Waals surface area (Å²) >= 11 is 0. The van der Waals surface area contributed by atoms with Gasteiger partial charge in [-0.25, -0.2) is 9.59 Å². The van der Waals surface area contributed by atoms with Gasteiger partial charge in [-0.1, -0.05) is 0 Å². The number of rotatable bonds is 4. The molecule has 2 aromatic rings. The molecule has 0 fully saturated rings. The minimum atomic E-state index is -1.12. The fourth-order valence-corrected chi connectivity index (χ4v) is 2.28. The number of carboxylic acids is 1. The number of benzene rings is 1. The first-order valence-electron chi connectivity index (χ1n) is 7.56. The Hall–Kier alpha value is -3.03. The number of hydrogen-bond donors (Lipinski definition) is 2. The summed E-state index contributed by atoms with van der Waals surface area (Å²) < 4.78 is 11.9. The lowest BCUT2D eigenvalue weighted by Gasteiger charge is -2.21. The highest BCUT2D eigenvalue weighted by Gasteiger charge is 2.22. The topological polar surface area (TPSA) is 103 Å². The predicted octanol–water partition coefficient (Wildman–Crippen LogP) is 3.14. The Morgan fingerprint density at radius 2 is 1.96 bits per heavy atom. The average molecular weight is 347 g/mol. The quantitative estimate of drug-likeness (QED) is 0.881. The van der Waals surface area contributed by atoms with Gasteiger partial charge in [-0.05, 0) is 39.0 Å². The molecule has 134 valence electrons. The molecule has 0 saturated carbocycles. The zero-order valence-electron chi connectivity index (χ0n) is 14.8. The van der Waals surface area contributed by atoms with Crippen molar-refractivity contribution in [3.63, 3.8) is 0 Å². The normalized spacial score (nSPS) is 11.1. The van der Waals surface area contributed by atoms with Crippen molar-refractivity contribution < 1.29 is 24.2 Å². The van der Waals surface area contributed by atoms with Crippen molar-refractivity contribution in [3.8, 4) is 17.0 Å². The maximum absolute atomic E-state index is 12.1. The summed E-state index contributed by atoms with van der Waals surface area (Å²) in [6.45, 7) is 5.27. The number of nitrogens with zero attached hydrogens (tertiary/aromatic N) is 2. The van der Waals surface area contributed by atoms with Gasteiger partial charge in [0, 0.05) is 12.6 Å². The molecule has 0 spiro atoms. The van der Waals surface area contributed by atoms with Gasteiger partial charge in [0.25, 0.3) is 0 Å². The van der Waals surface area contributed by atoms with Crippen molar-refractivity contribution in [2.45, 2.75) is 26.4 Å². The molecule has 1 heterocycles. The molecular weight excluding hydrogens is 326 g/mol. The number of aryl methyl sites for hydroxylation is 1. The van der Waals surface area contributed by atoms with Crippen LogP contribution in [0.5, 0.6) is 5.75 Å². The molecule has 0 atom stereocenters. The second kappa shape index (κ2) is 6.84. The lowest BCUT2D eigenvalue weighted by Crippen LogP contribution is -2.27. The molecule has 8 nitrogen and oxygen atoms in total. The zero-order valence-corrected chi connectivity index (χ0v) is 14.8. The number of aromatic carboxylic acids is 1. The van der Waals surface area contributed by atoms with Gasteiger partial charge >= 0.3 is 12.1 Å². The van der Waals surface area contributed by atoms with Crippen LogP contribution in [0.4, 0.5) is 10.5 Å². The van der Waals surface area contributed by atoms with Crippen LogP contribution in [-0.4, -0.2) is 39.7 Å². The number of methoxy groups -OCH3 is 1. The van der Waals surface area contributed by atoms with Crippen LogP contribution in [0.3, 0.4) is 0 Å². The van der Waals surface area contributed by atoms with Gasteiger partial charge in [0.15, 0.2) is 0 Å². The van der Waals surface area contributed by atoms with Crippen LogP contribution in [0.15, 0.2) is 24.4 Å². The van der Waals surface area contributed by atoms with E-state index < -0.39 is 17.7 Å². The zero-order chi connectivity index (χ0) is 18.8. The minimum absolute atomic E-state index is 0.0167. The Kier molecular flexibility index (Phi) is 5.01. The summed E-state index contributed by atoms with van der Waals surface area (Å²) in [7, 11) is 3.12. The molecule has 2 N–H and O–H groups in total. The van der Waals surface area contributed by atoms with Gasteiger partial charge in [-0.2, -0.15) is 5.10 Å². The Morgan fingerprint density at radius 3 is 2.52 bits per heavy atom. The lowest BCUT2D eigenvalue weighted by molar-refractivity contribution is 0.0634. The number of carboxylic acid groups (broad SMARTS) is 1. The summed E-state index contributed by atoms with van der Waals surface area (Å²) in [5.74, 6) is -0.601. The van der Waals surface area contributed by atoms with Crippen LogP contribution in [0, 0.1) is 0 Å². The second-order valence-corrected chi connectivity index (χ2v) is 6.37. The molecule has 1 aromatic carbocycles. The third kappa shape index (κ3) is 4.28. The molecule has 0 bridgehead atoms. The largest absolute Gasteiger partial charge is 0.497 e. The third-order valence-electron chi connectivity index (χ3n) is 3.29. The number of amides is 1. The van der Waals surface area contributed by atoms with E-state index in [-0.39, 0.29) is 5.56 Å². The van der Waals surface area contributed by atoms with Gasteiger partial charge in [0.2, 0.25) is 0 Å². The van der Waals surface area contributed by atoms with Gasteiger partial charge in [0.1, 0.15) is 16.9 Å². The number of carbonyl (C=O) groups excluding carboxylic acids is 1. The summed E-state index contributed by atoms with van der Waals surface area (Å²) in [6, 6.07) is 4.92. The van der Waals surface area contributed by atoms with Crippen LogP contribution < -0.4 is 10.1 Å². The van der Waals surface area contributed by atoms with Crippen molar-refractivity contribution in [2.75, 3.05) is 12.4 Å². The first-order valence-corrected chi connectivity index (χ1v) is 7.56. The van der Waals surface area contributed by atoms with E-state index in [0.717, 1.165) is 0 Å². The van der Waals surface area contributed by atoms with Crippen molar-refractivity contribution in [1.82, 2.24) is 9.78 Å². The van der Waals surface area contributed by atoms with Crippen molar-refractivity contribution in [2.24, 2.45) is 7.05 Å². The van der Waals surface area contributed by atoms with Crippen LogP contribution >= 0.6 is 0 Å². The Balaban J connectivity index is 2.52. The van der Waals surface area contributed by atoms with E-state index in [1.54, 1.807) is 46.0 Å². The molecule has 0 aliphatic heterocycles. The van der Waals surface area contributed by atoms with E-state index in [0.29, 0.717) is 22.7 Å². The monoisotopic (exact) mass is 347 g/mol. The number of anilines is 1. The number of hydrogen-bond acceptors (Lipinski definition) is 5. The SMILES string of the molecule is COc1ccc(NC(=O)OC(C)(C)C)c(-c2c(C(=O)O)cnn2C)c1. The molecule has 0 saturated heterocycles. The Labute approximate surface area is 145 Å². The molecule has 25 heavy (non-hydrogen) atoms. The van der Waals surface area contributed by atoms with E-state index in [9.17, 15) is 14.7 Å². The molecule has 0 aliphatic rings. The maximum atomic E-state index is 12.1. The van der Waals surface area contributed by atoms with E-state index >= 15 is 0 Å². The summed E-state index contributed by atoms with van der Waals surface area (Å²) in [6.07, 6.45) is 0.618. The Morgan fingerprint density at radius 1 is 1.28 bits per heavy atom. The van der Waals surface area contributed by atoms with Crippen molar-refractivity contribution in [1.29, 1.82) is 0 Å². The third-order valence-corrected chi connectivity index (χ3v) is 3.29. The average Bonchev–Trinajstić information content (AvgIpc) is 2.87. The van der Waals surface area contributed by atoms with E-state index in [1.807, 2.05) is 0 Å². The van der Waals surface area contributed by atoms with E-state index in [1.165, 1.54) is 18.0 Å². The summed E-state index contributed by atoms with van der Waals surface area (Å²) in [5, 5.41) is 16.0. The Bertz CT molecular complexity index is 805. The van der Waals surface area contributed by atoms with Gasteiger partial charge in [-0.15, -0.1) is 0 Å². The maximum Gasteiger partial charge on any atom is 0.412 e. The molecule has 8 heteroatoms. The molecule has 1 aromatic heterocycles. The van der Waals surface area contributed by atoms with E-state index in [4.69, 9.17) is 9.47 Å². The van der Waals surface area contributed by atoms with Crippen LogP contribution in [0.25, 0.3) is 11.3 Å². The molecule has 0 aliphatic carbocycles. The molecule has 0 unspecified atom stereocenters. The molecular formula is C17H21N3O5. The first kappa shape index (κ1) is 18.3. The number of carbonyl (C=O) groups is 2. The van der Waals surface area contributed by atoms with Gasteiger partial charge in [-0.3, -0.25) is 10.00 Å². The summed E-state index contributed by atoms with van der Waals surface area (Å²) in [5.41, 5.74) is 0.555. The fourth-order valence-electron chi connectivity index (χ4n) is 2.28.